The highest BCUT2D eigenvalue weighted by Gasteiger charge is 2.37. The van der Waals surface area contributed by atoms with Crippen molar-refractivity contribution < 1.29 is 19.7 Å². The Bertz CT molecular complexity index is 571. The van der Waals surface area contributed by atoms with Crippen LogP contribution in [-0.4, -0.2) is 65.8 Å². The molecule has 1 atom stereocenters. The van der Waals surface area contributed by atoms with Crippen molar-refractivity contribution in [1.82, 2.24) is 4.90 Å². The monoisotopic (exact) mass is 363 g/mol. The highest BCUT2D eigenvalue weighted by Crippen LogP contribution is 2.29. The lowest BCUT2D eigenvalue weighted by Gasteiger charge is -2.36. The van der Waals surface area contributed by atoms with Gasteiger partial charge in [0, 0.05) is 19.6 Å². The molecule has 0 amide bonds. The molecule has 2 N–H and O–H groups in total. The van der Waals surface area contributed by atoms with Crippen LogP contribution in [0.1, 0.15) is 44.1 Å². The summed E-state index contributed by atoms with van der Waals surface area (Å²) in [5.41, 5.74) is -0.659. The molecule has 1 saturated heterocycles. The molecule has 0 radical (unpaired) electrons. The van der Waals surface area contributed by atoms with E-state index in [1.807, 2.05) is 31.2 Å². The summed E-state index contributed by atoms with van der Waals surface area (Å²) in [5, 5.41) is 22.1. The van der Waals surface area contributed by atoms with Gasteiger partial charge in [0.2, 0.25) is 0 Å². The molecule has 1 aromatic carbocycles. The number of para-hydroxylation sites is 1. The van der Waals surface area contributed by atoms with Crippen LogP contribution in [0, 0.1) is 6.92 Å². The fourth-order valence-corrected chi connectivity index (χ4v) is 4.11. The van der Waals surface area contributed by atoms with Crippen molar-refractivity contribution in [3.8, 4) is 5.75 Å². The molecule has 26 heavy (non-hydrogen) atoms. The predicted octanol–water partition coefficient (Wildman–Crippen LogP) is 2.52. The van der Waals surface area contributed by atoms with Crippen LogP contribution in [0.15, 0.2) is 24.3 Å². The lowest BCUT2D eigenvalue weighted by atomic mass is 9.93. The predicted molar refractivity (Wildman–Crippen MR) is 102 cm³/mol. The Morgan fingerprint density at radius 2 is 1.81 bits per heavy atom. The first kappa shape index (κ1) is 19.6. The molecule has 1 heterocycles. The second kappa shape index (κ2) is 8.70. The molecule has 1 saturated carbocycles. The molecule has 1 aliphatic carbocycles. The number of hydrogen-bond donors (Lipinski definition) is 2. The first-order valence-electron chi connectivity index (χ1n) is 9.91. The van der Waals surface area contributed by atoms with Gasteiger partial charge in [-0.1, -0.05) is 43.9 Å². The van der Waals surface area contributed by atoms with E-state index in [-0.39, 0.29) is 13.2 Å². The smallest absolute Gasteiger partial charge is 0.134 e. The summed E-state index contributed by atoms with van der Waals surface area (Å²) in [6, 6.07) is 7.82. The SMILES string of the molecule is Cc1ccccc1OCC1(O)COCCN(CC2(O)CCCCCC2)C1. The zero-order valence-corrected chi connectivity index (χ0v) is 16.0. The standard InChI is InChI=1S/C21H33NO4/c1-18-8-4-5-9-19(18)26-17-21(24)15-22(12-13-25-16-21)14-20(23)10-6-2-3-7-11-20/h4-5,8-9,23-24H,2-3,6-7,10-17H2,1H3. The maximum atomic E-state index is 11.1. The number of benzene rings is 1. The van der Waals surface area contributed by atoms with E-state index < -0.39 is 11.2 Å². The van der Waals surface area contributed by atoms with Crippen molar-refractivity contribution in [3.05, 3.63) is 29.8 Å². The van der Waals surface area contributed by atoms with Gasteiger partial charge in [0.15, 0.2) is 0 Å². The van der Waals surface area contributed by atoms with Crippen LogP contribution in [0.25, 0.3) is 0 Å². The van der Waals surface area contributed by atoms with Gasteiger partial charge < -0.3 is 19.7 Å². The normalized spacial score (nSPS) is 27.5. The summed E-state index contributed by atoms with van der Waals surface area (Å²) in [6.45, 7) is 4.80. The third-order valence-corrected chi connectivity index (χ3v) is 5.58. The fraction of sp³-hybridized carbons (Fsp3) is 0.714. The Kier molecular flexibility index (Phi) is 6.56. The Morgan fingerprint density at radius 3 is 2.54 bits per heavy atom. The van der Waals surface area contributed by atoms with Crippen LogP contribution in [0.4, 0.5) is 0 Å². The number of nitrogens with zero attached hydrogens (tertiary/aromatic N) is 1. The van der Waals surface area contributed by atoms with E-state index in [4.69, 9.17) is 9.47 Å². The average molecular weight is 363 g/mol. The quantitative estimate of drug-likeness (QED) is 0.787. The Hall–Kier alpha value is -1.14. The molecule has 1 aliphatic heterocycles. The highest BCUT2D eigenvalue weighted by atomic mass is 16.5. The van der Waals surface area contributed by atoms with Crippen molar-refractivity contribution in [3.63, 3.8) is 0 Å². The minimum atomic E-state index is -1.07. The Balaban J connectivity index is 1.61. The Labute approximate surface area is 156 Å². The maximum absolute atomic E-state index is 11.1. The van der Waals surface area contributed by atoms with Crippen LogP contribution >= 0.6 is 0 Å². The molecule has 3 rings (SSSR count). The first-order valence-corrected chi connectivity index (χ1v) is 9.91. The van der Waals surface area contributed by atoms with Gasteiger partial charge in [-0.25, -0.2) is 0 Å². The Morgan fingerprint density at radius 1 is 1.08 bits per heavy atom. The molecule has 5 heteroatoms. The summed E-state index contributed by atoms with van der Waals surface area (Å²) in [6.07, 6.45) is 6.28. The van der Waals surface area contributed by atoms with Crippen molar-refractivity contribution in [1.29, 1.82) is 0 Å². The number of rotatable bonds is 5. The van der Waals surface area contributed by atoms with Crippen LogP contribution in [-0.2, 0) is 4.74 Å². The second-order valence-corrected chi connectivity index (χ2v) is 8.18. The second-order valence-electron chi connectivity index (χ2n) is 8.18. The number of aliphatic hydroxyl groups is 2. The van der Waals surface area contributed by atoms with Gasteiger partial charge in [0.05, 0.1) is 18.8 Å². The van der Waals surface area contributed by atoms with E-state index in [1.165, 1.54) is 12.8 Å². The molecular formula is C21H33NO4. The van der Waals surface area contributed by atoms with E-state index in [9.17, 15) is 10.2 Å². The average Bonchev–Trinajstić information content (AvgIpc) is 2.92. The van der Waals surface area contributed by atoms with Crippen molar-refractivity contribution >= 4 is 0 Å². The zero-order chi connectivity index (χ0) is 18.5. The van der Waals surface area contributed by atoms with Crippen LogP contribution in [0.3, 0.4) is 0 Å². The minimum Gasteiger partial charge on any atom is -0.490 e. The summed E-state index contributed by atoms with van der Waals surface area (Å²) >= 11 is 0. The molecule has 0 bridgehead atoms. The minimum absolute atomic E-state index is 0.187. The van der Waals surface area contributed by atoms with E-state index in [0.717, 1.165) is 43.5 Å². The maximum Gasteiger partial charge on any atom is 0.134 e. The van der Waals surface area contributed by atoms with Gasteiger partial charge in [-0.2, -0.15) is 0 Å². The van der Waals surface area contributed by atoms with Gasteiger partial charge in [0.1, 0.15) is 18.0 Å². The van der Waals surface area contributed by atoms with Gasteiger partial charge in [-0.15, -0.1) is 0 Å². The number of aryl methyl sites for hydroxylation is 1. The van der Waals surface area contributed by atoms with Crippen molar-refractivity contribution in [2.24, 2.45) is 0 Å². The van der Waals surface area contributed by atoms with Crippen molar-refractivity contribution in [2.45, 2.75) is 56.7 Å². The van der Waals surface area contributed by atoms with Gasteiger partial charge in [0.25, 0.3) is 0 Å². The molecule has 1 unspecified atom stereocenters. The van der Waals surface area contributed by atoms with Crippen LogP contribution < -0.4 is 4.74 Å². The molecule has 146 valence electrons. The van der Waals surface area contributed by atoms with Crippen LogP contribution in [0.2, 0.25) is 0 Å². The first-order chi connectivity index (χ1) is 12.5. The van der Waals surface area contributed by atoms with E-state index in [2.05, 4.69) is 4.90 Å². The lowest BCUT2D eigenvalue weighted by molar-refractivity contribution is -0.0734. The zero-order valence-electron chi connectivity index (χ0n) is 16.0. The van der Waals surface area contributed by atoms with Gasteiger partial charge in [-0.05, 0) is 31.4 Å². The molecule has 5 nitrogen and oxygen atoms in total. The van der Waals surface area contributed by atoms with Gasteiger partial charge in [-0.3, -0.25) is 4.90 Å². The third kappa shape index (κ3) is 5.43. The van der Waals surface area contributed by atoms with E-state index >= 15 is 0 Å². The molecule has 0 spiro atoms. The summed E-state index contributed by atoms with van der Waals surface area (Å²) < 4.78 is 11.6. The van der Waals surface area contributed by atoms with E-state index in [0.29, 0.717) is 19.7 Å². The van der Waals surface area contributed by atoms with E-state index in [1.54, 1.807) is 0 Å². The number of hydrogen-bond acceptors (Lipinski definition) is 5. The summed E-state index contributed by atoms with van der Waals surface area (Å²) in [7, 11) is 0. The van der Waals surface area contributed by atoms with Crippen molar-refractivity contribution in [2.75, 3.05) is 39.5 Å². The molecule has 2 aliphatic rings. The van der Waals surface area contributed by atoms with Gasteiger partial charge >= 0.3 is 0 Å². The van der Waals surface area contributed by atoms with Crippen LogP contribution in [0.5, 0.6) is 5.75 Å². The molecule has 1 aromatic rings. The topological polar surface area (TPSA) is 62.2 Å². The summed E-state index contributed by atoms with van der Waals surface area (Å²) in [5.74, 6) is 0.791. The third-order valence-electron chi connectivity index (χ3n) is 5.58. The number of β-amino-alcohol motifs (C(OH)–C–C–N with tert-alkyl or cyclic N) is 2. The fourth-order valence-electron chi connectivity index (χ4n) is 4.11. The molecule has 2 fully saturated rings. The largest absolute Gasteiger partial charge is 0.490 e. The molecule has 0 aromatic heterocycles. The molecular weight excluding hydrogens is 330 g/mol. The lowest BCUT2D eigenvalue weighted by Crippen LogP contribution is -2.52. The number of ether oxygens (including phenoxy) is 2. The highest BCUT2D eigenvalue weighted by molar-refractivity contribution is 5.31. The summed E-state index contributed by atoms with van der Waals surface area (Å²) in [4.78, 5) is 2.15.